The molecular weight excluding hydrogens is 513 g/mol. The molecule has 0 bridgehead atoms. The molecule has 2 aliphatic rings. The van der Waals surface area contributed by atoms with E-state index in [-0.39, 0.29) is 23.8 Å². The summed E-state index contributed by atoms with van der Waals surface area (Å²) in [5.41, 5.74) is -0.0763. The van der Waals surface area contributed by atoms with E-state index in [0.717, 1.165) is 0 Å². The van der Waals surface area contributed by atoms with Crippen molar-refractivity contribution in [3.63, 3.8) is 0 Å². The molecule has 1 saturated heterocycles. The Hall–Kier alpha value is -4.06. The highest BCUT2D eigenvalue weighted by Crippen LogP contribution is 2.65. The fraction of sp³-hybridized carbons (Fsp3) is 0.519. The van der Waals surface area contributed by atoms with Crippen molar-refractivity contribution in [2.45, 2.75) is 58.9 Å². The summed E-state index contributed by atoms with van der Waals surface area (Å²) in [6.45, 7) is 8.62. The molecule has 12 heteroatoms. The Morgan fingerprint density at radius 2 is 1.90 bits per heavy atom. The van der Waals surface area contributed by atoms with Gasteiger partial charge in [0.15, 0.2) is 0 Å². The highest BCUT2D eigenvalue weighted by Gasteiger charge is 2.70. The number of fused-ring (bicyclic) bond motifs is 2. The third kappa shape index (κ3) is 4.80. The Balaban J connectivity index is 1.65. The van der Waals surface area contributed by atoms with Crippen LogP contribution in [0.2, 0.25) is 0 Å². The average Bonchev–Trinajstić information content (AvgIpc) is 3.22. The first-order valence-electron chi connectivity index (χ1n) is 12.3. The lowest BCUT2D eigenvalue weighted by atomic mass is 9.85. The van der Waals surface area contributed by atoms with Crippen molar-refractivity contribution >= 4 is 23.2 Å². The number of halogens is 3. The number of amides is 3. The molecule has 5 atom stereocenters. The third-order valence-corrected chi connectivity index (χ3v) is 7.86. The number of nitrogens with one attached hydrogen (secondary N) is 2. The maximum atomic E-state index is 13.7. The Bertz CT molecular complexity index is 1430. The van der Waals surface area contributed by atoms with E-state index in [2.05, 4.69) is 16.3 Å². The molecule has 9 nitrogen and oxygen atoms in total. The number of rotatable bonds is 5. The van der Waals surface area contributed by atoms with Crippen molar-refractivity contribution in [2.24, 2.45) is 22.7 Å². The lowest BCUT2D eigenvalue weighted by Crippen LogP contribution is -2.60. The molecule has 3 heterocycles. The minimum atomic E-state index is -5.18. The van der Waals surface area contributed by atoms with E-state index in [9.17, 15) is 32.8 Å². The van der Waals surface area contributed by atoms with E-state index >= 15 is 0 Å². The van der Waals surface area contributed by atoms with E-state index in [1.807, 2.05) is 25.2 Å². The second-order valence-electron chi connectivity index (χ2n) is 11.7. The minimum absolute atomic E-state index is 0.0679. The van der Waals surface area contributed by atoms with Gasteiger partial charge in [-0.1, -0.05) is 40.5 Å². The predicted molar refractivity (Wildman–Crippen MR) is 133 cm³/mol. The zero-order chi connectivity index (χ0) is 29.1. The van der Waals surface area contributed by atoms with Gasteiger partial charge in [-0.15, -0.1) is 6.42 Å². The highest BCUT2D eigenvalue weighted by atomic mass is 19.4. The van der Waals surface area contributed by atoms with Crippen LogP contribution >= 0.6 is 0 Å². The molecule has 4 rings (SSSR count). The Morgan fingerprint density at radius 1 is 1.23 bits per heavy atom. The molecule has 2 N–H and O–H groups in total. The number of likely N-dealkylation sites (tertiary alicyclic amines) is 1. The van der Waals surface area contributed by atoms with Crippen LogP contribution in [0.5, 0.6) is 0 Å². The highest BCUT2D eigenvalue weighted by molar-refractivity contribution is 5.95. The summed E-state index contributed by atoms with van der Waals surface area (Å²) in [6, 6.07) is 1.67. The number of hydrogen-bond acceptors (Lipinski definition) is 5. The van der Waals surface area contributed by atoms with Crippen LogP contribution in [-0.2, 0) is 14.4 Å². The normalized spacial score (nSPS) is 23.2. The molecule has 2 fully saturated rings. The van der Waals surface area contributed by atoms with Gasteiger partial charge in [0.05, 0.1) is 23.3 Å². The molecule has 3 amide bonds. The molecule has 2 aromatic heterocycles. The smallest absolute Gasteiger partial charge is 0.336 e. The van der Waals surface area contributed by atoms with E-state index in [0.29, 0.717) is 16.6 Å². The maximum Gasteiger partial charge on any atom is 0.471 e. The van der Waals surface area contributed by atoms with E-state index in [1.165, 1.54) is 36.4 Å². The van der Waals surface area contributed by atoms with Gasteiger partial charge in [-0.3, -0.25) is 14.4 Å². The van der Waals surface area contributed by atoms with Crippen molar-refractivity contribution in [1.29, 1.82) is 5.26 Å². The first kappa shape index (κ1) is 28.0. The summed E-state index contributed by atoms with van der Waals surface area (Å²) in [5.74, 6) is -1.46. The second-order valence-corrected chi connectivity index (χ2v) is 11.7. The number of piperidine rings is 1. The number of pyridine rings is 1. The summed E-state index contributed by atoms with van der Waals surface area (Å²) in [7, 11) is 0. The molecule has 2 aromatic rings. The first-order valence-corrected chi connectivity index (χ1v) is 12.3. The number of nitrogens with zero attached hydrogens (tertiary/aromatic N) is 4. The number of carbonyl (C=O) groups excluding carboxylic acids is 3. The molecule has 1 aliphatic carbocycles. The first-order chi connectivity index (χ1) is 18.0. The largest absolute Gasteiger partial charge is 0.471 e. The lowest BCUT2D eigenvalue weighted by Gasteiger charge is -2.37. The fourth-order valence-corrected chi connectivity index (χ4v) is 5.64. The Kier molecular flexibility index (Phi) is 6.66. The molecule has 0 aromatic carbocycles. The van der Waals surface area contributed by atoms with Gasteiger partial charge in [0.1, 0.15) is 18.1 Å². The molecular formula is C27H29F3N6O3. The standard InChI is InChI=1S/C27H29F3N6O3/c1-7-14-9-8-10-36-19(14)15(12-32-36)17(11-31)33-22(37)20-18-16(26(18,5)6)13-35(20)23(38)21(25(2,3)4)34-24(39)27(28,29)30/h1,8-10,12,16-18,20-21H,13H2,2-6H3,(H,33,37)(H,34,39)/t16-,17?,18-,20-,21+/m0/s1. The van der Waals surface area contributed by atoms with Crippen LogP contribution in [-0.4, -0.2) is 57.0 Å². The molecule has 39 heavy (non-hydrogen) atoms. The van der Waals surface area contributed by atoms with Crippen molar-refractivity contribution in [1.82, 2.24) is 25.1 Å². The third-order valence-electron chi connectivity index (χ3n) is 7.86. The van der Waals surface area contributed by atoms with Crippen molar-refractivity contribution in [3.8, 4) is 18.4 Å². The zero-order valence-electron chi connectivity index (χ0n) is 22.1. The van der Waals surface area contributed by atoms with E-state index < -0.39 is 47.4 Å². The topological polar surface area (TPSA) is 120 Å². The summed E-state index contributed by atoms with van der Waals surface area (Å²) in [6.07, 6.45) is 3.50. The Morgan fingerprint density at radius 3 is 2.46 bits per heavy atom. The fourth-order valence-electron chi connectivity index (χ4n) is 5.64. The molecule has 1 unspecified atom stereocenters. The van der Waals surface area contributed by atoms with Gasteiger partial charge in [-0.25, -0.2) is 4.52 Å². The number of nitriles is 1. The molecule has 0 radical (unpaired) electrons. The van der Waals surface area contributed by atoms with Gasteiger partial charge in [-0.05, 0) is 34.8 Å². The number of carbonyl (C=O) groups is 3. The number of aromatic nitrogens is 2. The summed E-state index contributed by atoms with van der Waals surface area (Å²) >= 11 is 0. The van der Waals surface area contributed by atoms with Gasteiger partial charge in [0.25, 0.3) is 0 Å². The molecule has 1 aliphatic heterocycles. The molecule has 1 saturated carbocycles. The predicted octanol–water partition coefficient (Wildman–Crippen LogP) is 2.57. The van der Waals surface area contributed by atoms with Crippen molar-refractivity contribution in [2.75, 3.05) is 6.54 Å². The quantitative estimate of drug-likeness (QED) is 0.563. The van der Waals surface area contributed by atoms with Crippen molar-refractivity contribution in [3.05, 3.63) is 35.7 Å². The zero-order valence-corrected chi connectivity index (χ0v) is 22.1. The lowest BCUT2D eigenvalue weighted by molar-refractivity contribution is -0.176. The van der Waals surface area contributed by atoms with Crippen LogP contribution in [0.3, 0.4) is 0 Å². The van der Waals surface area contributed by atoms with Crippen molar-refractivity contribution < 1.29 is 27.6 Å². The van der Waals surface area contributed by atoms with Gasteiger partial charge >= 0.3 is 12.1 Å². The monoisotopic (exact) mass is 542 g/mol. The second kappa shape index (κ2) is 9.30. The number of alkyl halides is 3. The SMILES string of the molecule is C#Cc1cccn2ncc(C(C#N)NC(=O)[C@@H]3[C@@H]4[C@H](CN3C(=O)[C@@H](NC(=O)C(F)(F)F)C(C)(C)C)C4(C)C)c12. The maximum absolute atomic E-state index is 13.7. The van der Waals surface area contributed by atoms with Crippen LogP contribution < -0.4 is 10.6 Å². The van der Waals surface area contributed by atoms with Gasteiger partial charge < -0.3 is 15.5 Å². The van der Waals surface area contributed by atoms with Gasteiger partial charge in [0, 0.05) is 18.3 Å². The van der Waals surface area contributed by atoms with Crippen LogP contribution in [0, 0.1) is 46.3 Å². The van der Waals surface area contributed by atoms with Gasteiger partial charge in [0.2, 0.25) is 11.8 Å². The molecule has 206 valence electrons. The average molecular weight is 543 g/mol. The van der Waals surface area contributed by atoms with Crippen LogP contribution in [0.25, 0.3) is 5.52 Å². The number of hydrogen-bond donors (Lipinski definition) is 2. The minimum Gasteiger partial charge on any atom is -0.336 e. The number of terminal acetylenes is 1. The van der Waals surface area contributed by atoms with Crippen LogP contribution in [0.1, 0.15) is 51.8 Å². The summed E-state index contributed by atoms with van der Waals surface area (Å²) < 4.78 is 40.6. The van der Waals surface area contributed by atoms with Crippen LogP contribution in [0.15, 0.2) is 24.5 Å². The van der Waals surface area contributed by atoms with Crippen LogP contribution in [0.4, 0.5) is 13.2 Å². The summed E-state index contributed by atoms with van der Waals surface area (Å²) in [5, 5.41) is 18.7. The molecule has 0 spiro atoms. The Labute approximate surface area is 223 Å². The van der Waals surface area contributed by atoms with E-state index in [4.69, 9.17) is 6.42 Å². The summed E-state index contributed by atoms with van der Waals surface area (Å²) in [4.78, 5) is 40.4. The van der Waals surface area contributed by atoms with Gasteiger partial charge in [-0.2, -0.15) is 23.5 Å². The van der Waals surface area contributed by atoms with E-state index in [1.54, 1.807) is 18.3 Å².